The Balaban J connectivity index is 0.000000151. The second-order valence-electron chi connectivity index (χ2n) is 24.8. The standard InChI is InChI=1S/C17H15NO7S.C17H19NO5S.C14H8F5NO6S.C9H4F3NO5S.C7H6F3NO5S/c1-23-17(21)11-4-2-3-5-12(11)24-26(22)25-18-15(19)13-9-6-7-10(8-9)14(13)16(18)20;1-10-8-11(2)15(12(3)9-10)22-24(21)23-18-16(19)13-6-4-5-7-14(13)17(18)20;15-7-8(16)10(18)12(11(19)9(7)17)25-27(23)26-20-13(21)5-3-1-2-4(24-3)6(5)14(20)22;10-9(11,12)17-19(16)18-13-7(14)5-3-1-2-4-6(5)8(13)15;1-3-4(2)6(13)11(5(3)12)16-17(14)15-7(8,9)10/h2-7,9-10,13-14H,8H2,1H3;8-9H,4-7H2,1-3H3;3-6H,1-2H2;1-4H;1-2H3. The summed E-state index contributed by atoms with van der Waals surface area (Å²) in [5.74, 6) is -24.4. The number of allylic oxidation sites excluding steroid dienone is 2. The van der Waals surface area contributed by atoms with Crippen molar-refractivity contribution in [1.82, 2.24) is 25.3 Å². The van der Waals surface area contributed by atoms with Crippen molar-refractivity contribution in [3.63, 3.8) is 0 Å². The molecule has 4 aromatic carbocycles. The van der Waals surface area contributed by atoms with Gasteiger partial charge in [0.2, 0.25) is 34.8 Å². The third-order valence-corrected chi connectivity index (χ3v) is 20.8. The number of carbonyl (C=O) groups is 11. The number of aryl methyl sites for hydroxylation is 3. The second kappa shape index (κ2) is 34.6. The van der Waals surface area contributed by atoms with E-state index in [0.29, 0.717) is 52.7 Å². The Kier molecular flexibility index (Phi) is 26.2. The number of ether oxygens (including phenoxy) is 2. The van der Waals surface area contributed by atoms with Crippen LogP contribution < -0.4 is 12.5 Å². The highest BCUT2D eigenvalue weighted by molar-refractivity contribution is 7.76. The number of nitrogens with zero attached hydrogens (tertiary/aromatic N) is 5. The molecule has 113 heavy (non-hydrogen) atoms. The number of benzene rings is 4. The molecule has 10 aliphatic rings. The Bertz CT molecular complexity index is 4710. The van der Waals surface area contributed by atoms with Gasteiger partial charge in [0, 0.05) is 22.3 Å². The topological polar surface area (TPSA) is 400 Å². The first-order valence-electron chi connectivity index (χ1n) is 32.1. The summed E-state index contributed by atoms with van der Waals surface area (Å²) in [5.41, 5.74) is 3.56. The number of para-hydroxylation sites is 1. The Labute approximate surface area is 640 Å². The Hall–Kier alpha value is -9.67. The lowest BCUT2D eigenvalue weighted by Gasteiger charge is -2.15. The second-order valence-corrected chi connectivity index (χ2v) is 28.4. The van der Waals surface area contributed by atoms with Gasteiger partial charge in [0.25, 0.3) is 59.1 Å². The van der Waals surface area contributed by atoms with Gasteiger partial charge in [-0.3, -0.25) is 47.9 Å². The van der Waals surface area contributed by atoms with Crippen LogP contribution in [0.1, 0.15) is 107 Å². The largest absolute Gasteiger partial charge is 0.537 e. The quantitative estimate of drug-likeness (QED) is 0.0220. The highest BCUT2D eigenvalue weighted by Gasteiger charge is 2.64. The SMILES string of the molecule is CC1=C(C)C(=O)N(OS(=O)OC(F)(F)F)C1=O.COC(=O)c1ccccc1OS(=O)ON1C(=O)C2C3C=CC(C3)C2C1=O.Cc1cc(C)c(OS(=O)ON2C(=O)C3=C(CCCC3)C2=O)c(C)c1.O=C1C2C3CCC(O3)C2C(=O)N1OS(=O)Oc1c(F)c(F)c(F)c(F)c1F.O=C1c2ccccc2C(=O)N1OS(=O)OC(F)(F)F. The lowest BCUT2D eigenvalue weighted by Crippen LogP contribution is -2.35. The van der Waals surface area contributed by atoms with Crippen LogP contribution in [0.3, 0.4) is 0 Å². The number of rotatable bonds is 19. The molecular weight excluding hydrogens is 1660 g/mol. The predicted molar refractivity (Wildman–Crippen MR) is 348 cm³/mol. The zero-order chi connectivity index (χ0) is 83.1. The van der Waals surface area contributed by atoms with Gasteiger partial charge < -0.3 is 22.0 Å². The van der Waals surface area contributed by atoms with Crippen LogP contribution in [0.4, 0.5) is 48.3 Å². The Morgan fingerprint density at radius 3 is 1.25 bits per heavy atom. The van der Waals surface area contributed by atoms with Gasteiger partial charge in [0.15, 0.2) is 5.75 Å². The fourth-order valence-electron chi connectivity index (χ4n) is 13.0. The summed E-state index contributed by atoms with van der Waals surface area (Å²) in [4.78, 5) is 131. The number of methoxy groups -OCH3 is 1. The van der Waals surface area contributed by atoms with E-state index in [2.05, 4.69) is 30.1 Å². The molecule has 13 unspecified atom stereocenters. The van der Waals surface area contributed by atoms with E-state index in [1.165, 1.54) is 57.4 Å². The minimum atomic E-state index is -5.22. The summed E-state index contributed by atoms with van der Waals surface area (Å²) in [6, 6.07) is 15.3. The van der Waals surface area contributed by atoms with Crippen molar-refractivity contribution in [3.8, 4) is 17.2 Å². The minimum absolute atomic E-state index is 0.000918. The molecular formula is C64H52F11N5O28S5. The molecule has 14 rings (SSSR count). The van der Waals surface area contributed by atoms with E-state index in [1.807, 2.05) is 45.1 Å². The van der Waals surface area contributed by atoms with Crippen molar-refractivity contribution < 1.29 is 174 Å². The molecule has 0 spiro atoms. The van der Waals surface area contributed by atoms with Crippen LogP contribution in [0.2, 0.25) is 0 Å². The zero-order valence-electron chi connectivity index (χ0n) is 57.9. The molecule has 7 heterocycles. The number of hydroxylamine groups is 10. The molecule has 33 nitrogen and oxygen atoms in total. The maximum absolute atomic E-state index is 13.5. The lowest BCUT2D eigenvalue weighted by atomic mass is 9.81. The van der Waals surface area contributed by atoms with Gasteiger partial charge in [-0.1, -0.05) is 54.1 Å². The average Bonchev–Trinajstić information content (AvgIpc) is 1.58. The van der Waals surface area contributed by atoms with Gasteiger partial charge in [-0.15, -0.1) is 73.1 Å². The maximum atomic E-state index is 13.5. The van der Waals surface area contributed by atoms with E-state index >= 15 is 0 Å². The van der Waals surface area contributed by atoms with Crippen molar-refractivity contribution in [1.29, 1.82) is 0 Å². The number of esters is 1. The van der Waals surface area contributed by atoms with E-state index in [0.717, 1.165) is 36.0 Å². The molecule has 7 aliphatic heterocycles. The van der Waals surface area contributed by atoms with Crippen LogP contribution in [0, 0.1) is 85.4 Å². The van der Waals surface area contributed by atoms with Crippen LogP contribution in [0.5, 0.6) is 17.2 Å². The number of fused-ring (bicyclic) bond motifs is 11. The van der Waals surface area contributed by atoms with Crippen molar-refractivity contribution in [2.75, 3.05) is 7.11 Å². The summed E-state index contributed by atoms with van der Waals surface area (Å²) in [7, 11) is 1.20. The van der Waals surface area contributed by atoms with Crippen LogP contribution in [-0.2, 0) is 134 Å². The van der Waals surface area contributed by atoms with Gasteiger partial charge in [-0.25, -0.2) is 18.0 Å². The normalized spacial score (nSPS) is 23.8. The van der Waals surface area contributed by atoms with E-state index in [9.17, 15) is 122 Å². The summed E-state index contributed by atoms with van der Waals surface area (Å²) in [6.07, 6.45) is -2.81. The number of hydrogen-bond acceptors (Lipinski definition) is 28. The molecule has 1 saturated carbocycles. The van der Waals surface area contributed by atoms with Crippen LogP contribution in [0.15, 0.2) is 95.1 Å². The summed E-state index contributed by atoms with van der Waals surface area (Å²) < 4.78 is 247. The fraction of sp³-hybridized carbons (Fsp3) is 0.359. The molecule has 10 amide bonds. The minimum Gasteiger partial charge on any atom is -0.465 e. The van der Waals surface area contributed by atoms with Crippen LogP contribution >= 0.6 is 0 Å². The van der Waals surface area contributed by atoms with E-state index in [1.54, 1.807) is 12.1 Å². The van der Waals surface area contributed by atoms with E-state index < -0.39 is 205 Å². The molecule has 4 aromatic rings. The van der Waals surface area contributed by atoms with Gasteiger partial charge in [0.1, 0.15) is 11.3 Å². The molecule has 5 fully saturated rings. The van der Waals surface area contributed by atoms with E-state index in [4.69, 9.17) is 21.7 Å². The first-order valence-corrected chi connectivity index (χ1v) is 37.1. The third-order valence-electron chi connectivity index (χ3n) is 17.9. The number of imide groups is 5. The zero-order valence-corrected chi connectivity index (χ0v) is 61.9. The first-order chi connectivity index (χ1) is 53.0. The number of alkyl halides is 6. The molecule has 0 N–H and O–H groups in total. The predicted octanol–water partition coefficient (Wildman–Crippen LogP) is 7.41. The average molecular weight is 1710 g/mol. The van der Waals surface area contributed by atoms with Gasteiger partial charge in [-0.2, -0.15) is 38.2 Å². The molecule has 3 aliphatic carbocycles. The number of hydrogen-bond donors (Lipinski definition) is 0. The van der Waals surface area contributed by atoms with Crippen LogP contribution in [0.25, 0.3) is 0 Å². The van der Waals surface area contributed by atoms with Gasteiger partial charge in [-0.05, 0) is 127 Å². The third kappa shape index (κ3) is 18.3. The molecule has 0 radical (unpaired) electrons. The Morgan fingerprint density at radius 2 is 0.814 bits per heavy atom. The molecule has 608 valence electrons. The van der Waals surface area contributed by atoms with Gasteiger partial charge >= 0.3 is 75.5 Å². The smallest absolute Gasteiger partial charge is 0.465 e. The number of amides is 10. The monoisotopic (exact) mass is 1710 g/mol. The van der Waals surface area contributed by atoms with Crippen molar-refractivity contribution >= 4 is 122 Å². The highest BCUT2D eigenvalue weighted by atomic mass is 32.2. The first kappa shape index (κ1) is 85.8. The lowest BCUT2D eigenvalue weighted by molar-refractivity contribution is -0.276. The molecule has 4 saturated heterocycles. The molecule has 49 heteroatoms. The van der Waals surface area contributed by atoms with Crippen LogP contribution in [-0.4, -0.2) is 143 Å². The molecule has 13 atom stereocenters. The molecule has 0 aromatic heterocycles. The van der Waals surface area contributed by atoms with E-state index in [-0.39, 0.29) is 60.6 Å². The highest BCUT2D eigenvalue weighted by Crippen LogP contribution is 2.53. The van der Waals surface area contributed by atoms with Crippen molar-refractivity contribution in [2.45, 2.75) is 104 Å². The molecule has 4 bridgehead atoms. The number of carbonyl (C=O) groups excluding carboxylic acids is 11. The summed E-state index contributed by atoms with van der Waals surface area (Å²) in [5, 5.41) is 1.16. The van der Waals surface area contributed by atoms with Crippen molar-refractivity contribution in [3.05, 3.63) is 158 Å². The van der Waals surface area contributed by atoms with Crippen molar-refractivity contribution in [2.24, 2.45) is 35.5 Å². The summed E-state index contributed by atoms with van der Waals surface area (Å²) in [6.45, 7) is 8.19. The fourth-order valence-corrected chi connectivity index (χ4v) is 15.8. The summed E-state index contributed by atoms with van der Waals surface area (Å²) >= 11 is -14.7. The Morgan fingerprint density at radius 1 is 0.451 bits per heavy atom. The number of halogens is 11. The maximum Gasteiger partial charge on any atom is 0.537 e. The van der Waals surface area contributed by atoms with Gasteiger partial charge in [0.05, 0.1) is 54.1 Å².